The third-order valence-corrected chi connectivity index (χ3v) is 2.20. The molecule has 3 heteroatoms. The van der Waals surface area contributed by atoms with Crippen molar-refractivity contribution in [2.75, 3.05) is 0 Å². The predicted molar refractivity (Wildman–Crippen MR) is 51.9 cm³/mol. The van der Waals surface area contributed by atoms with Gasteiger partial charge in [0.1, 0.15) is 0 Å². The number of hydrogen-bond acceptors (Lipinski definition) is 2. The molecule has 0 aromatic carbocycles. The highest BCUT2D eigenvalue weighted by molar-refractivity contribution is 5.85. The van der Waals surface area contributed by atoms with Crippen LogP contribution in [0, 0.1) is 17.2 Å². The topological polar surface area (TPSA) is 49.8 Å². The molecule has 0 aliphatic heterocycles. The monoisotopic (exact) mass is 186 g/mol. The Balaban J connectivity index is 0.00000121. The van der Waals surface area contributed by atoms with Gasteiger partial charge in [-0.25, -0.2) is 0 Å². The van der Waals surface area contributed by atoms with E-state index in [0.29, 0.717) is 12.0 Å². The van der Waals surface area contributed by atoms with Crippen LogP contribution >= 0.6 is 12.4 Å². The largest absolute Gasteiger partial charge is 0.328 e. The lowest BCUT2D eigenvalue weighted by molar-refractivity contribution is 0.372. The maximum atomic E-state index is 8.29. The Morgan fingerprint density at radius 3 is 2.75 bits per heavy atom. The van der Waals surface area contributed by atoms with E-state index in [4.69, 9.17) is 11.0 Å². The Morgan fingerprint density at radius 1 is 1.42 bits per heavy atom. The molecule has 1 aliphatic rings. The second-order valence-electron chi connectivity index (χ2n) is 3.17. The average Bonchev–Trinajstić information content (AvgIpc) is 2.01. The molecule has 0 aromatic heterocycles. The summed E-state index contributed by atoms with van der Waals surface area (Å²) in [6.45, 7) is 0. The number of hydrogen-bond donors (Lipinski definition) is 1. The van der Waals surface area contributed by atoms with Crippen LogP contribution in [0.2, 0.25) is 0 Å². The van der Waals surface area contributed by atoms with Gasteiger partial charge < -0.3 is 5.73 Å². The van der Waals surface area contributed by atoms with E-state index < -0.39 is 0 Å². The first kappa shape index (κ1) is 11.5. The van der Waals surface area contributed by atoms with Crippen molar-refractivity contribution in [3.63, 3.8) is 0 Å². The summed E-state index contributed by atoms with van der Waals surface area (Å²) in [5, 5.41) is 8.29. The number of nitrogens with zero attached hydrogens (tertiary/aromatic N) is 1. The molecule has 12 heavy (non-hydrogen) atoms. The SMILES string of the molecule is Cl.N#CC=CC1CCCC(N)C1. The molecule has 2 nitrogen and oxygen atoms in total. The van der Waals surface area contributed by atoms with Crippen molar-refractivity contribution >= 4 is 12.4 Å². The molecule has 0 radical (unpaired) electrons. The number of nitriles is 1. The smallest absolute Gasteiger partial charge is 0.0908 e. The minimum atomic E-state index is 0. The molecule has 2 atom stereocenters. The van der Waals surface area contributed by atoms with Gasteiger partial charge in [0.2, 0.25) is 0 Å². The minimum Gasteiger partial charge on any atom is -0.328 e. The van der Waals surface area contributed by atoms with Crippen LogP contribution in [0.25, 0.3) is 0 Å². The highest BCUT2D eigenvalue weighted by Gasteiger charge is 2.16. The van der Waals surface area contributed by atoms with Gasteiger partial charge in [-0.15, -0.1) is 12.4 Å². The van der Waals surface area contributed by atoms with Crippen LogP contribution in [0.4, 0.5) is 0 Å². The van der Waals surface area contributed by atoms with Gasteiger partial charge in [-0.05, 0) is 25.2 Å². The van der Waals surface area contributed by atoms with Crippen molar-refractivity contribution < 1.29 is 0 Å². The van der Waals surface area contributed by atoms with Gasteiger partial charge in [-0.2, -0.15) is 5.26 Å². The summed E-state index contributed by atoms with van der Waals surface area (Å²) >= 11 is 0. The van der Waals surface area contributed by atoms with Crippen molar-refractivity contribution in [2.24, 2.45) is 11.7 Å². The van der Waals surface area contributed by atoms with Crippen LogP contribution in [0.15, 0.2) is 12.2 Å². The zero-order valence-electron chi connectivity index (χ0n) is 7.07. The van der Waals surface area contributed by atoms with Gasteiger partial charge in [0.05, 0.1) is 6.07 Å². The Kier molecular flexibility index (Phi) is 5.79. The highest BCUT2D eigenvalue weighted by atomic mass is 35.5. The Morgan fingerprint density at radius 2 is 2.17 bits per heavy atom. The zero-order chi connectivity index (χ0) is 8.10. The molecule has 0 spiro atoms. The first-order valence-electron chi connectivity index (χ1n) is 4.15. The summed E-state index contributed by atoms with van der Waals surface area (Å²) < 4.78 is 0. The average molecular weight is 187 g/mol. The van der Waals surface area contributed by atoms with Crippen molar-refractivity contribution in [1.82, 2.24) is 0 Å². The van der Waals surface area contributed by atoms with Crippen LogP contribution in [-0.4, -0.2) is 6.04 Å². The summed E-state index contributed by atoms with van der Waals surface area (Å²) in [4.78, 5) is 0. The summed E-state index contributed by atoms with van der Waals surface area (Å²) in [5.74, 6) is 0.554. The Bertz CT molecular complexity index is 183. The predicted octanol–water partition coefficient (Wildman–Crippen LogP) is 2.01. The molecule has 0 aromatic rings. The standard InChI is InChI=1S/C9H14N2.ClH/c10-6-2-4-8-3-1-5-9(11)7-8;/h2,4,8-9H,1,3,5,7,11H2;1H. The number of halogens is 1. The first-order chi connectivity index (χ1) is 5.33. The zero-order valence-corrected chi connectivity index (χ0v) is 7.89. The molecule has 1 rings (SSSR count). The first-order valence-corrected chi connectivity index (χ1v) is 4.15. The van der Waals surface area contributed by atoms with E-state index in [1.165, 1.54) is 12.8 Å². The van der Waals surface area contributed by atoms with E-state index in [-0.39, 0.29) is 12.4 Å². The van der Waals surface area contributed by atoms with Crippen LogP contribution < -0.4 is 5.73 Å². The summed E-state index contributed by atoms with van der Waals surface area (Å²) in [6, 6.07) is 2.37. The summed E-state index contributed by atoms with van der Waals surface area (Å²) in [7, 11) is 0. The molecular weight excluding hydrogens is 172 g/mol. The van der Waals surface area contributed by atoms with Crippen molar-refractivity contribution in [1.29, 1.82) is 5.26 Å². The molecule has 1 fully saturated rings. The van der Waals surface area contributed by atoms with Gasteiger partial charge in [0, 0.05) is 12.1 Å². The number of rotatable bonds is 1. The molecular formula is C9H15ClN2. The van der Waals surface area contributed by atoms with E-state index in [2.05, 4.69) is 0 Å². The Labute approximate surface area is 79.8 Å². The number of nitrogens with two attached hydrogens (primary N) is 1. The molecule has 68 valence electrons. The third kappa shape index (κ3) is 3.75. The van der Waals surface area contributed by atoms with Crippen LogP contribution in [-0.2, 0) is 0 Å². The molecule has 0 amide bonds. The van der Waals surface area contributed by atoms with Gasteiger partial charge in [-0.3, -0.25) is 0 Å². The molecule has 0 heterocycles. The van der Waals surface area contributed by atoms with E-state index in [9.17, 15) is 0 Å². The van der Waals surface area contributed by atoms with Crippen LogP contribution in [0.5, 0.6) is 0 Å². The van der Waals surface area contributed by atoms with Crippen molar-refractivity contribution in [3.8, 4) is 6.07 Å². The van der Waals surface area contributed by atoms with Gasteiger partial charge >= 0.3 is 0 Å². The lowest BCUT2D eigenvalue weighted by Gasteiger charge is -2.23. The maximum absolute atomic E-state index is 8.29. The van der Waals surface area contributed by atoms with E-state index in [0.717, 1.165) is 12.8 Å². The fourth-order valence-corrected chi connectivity index (χ4v) is 1.62. The van der Waals surface area contributed by atoms with Gasteiger partial charge in [0.15, 0.2) is 0 Å². The number of allylic oxidation sites excluding steroid dienone is 2. The molecule has 1 saturated carbocycles. The van der Waals surface area contributed by atoms with Crippen LogP contribution in [0.1, 0.15) is 25.7 Å². The second-order valence-corrected chi connectivity index (χ2v) is 3.17. The third-order valence-electron chi connectivity index (χ3n) is 2.20. The summed E-state index contributed by atoms with van der Waals surface area (Å²) in [6.07, 6.45) is 8.17. The lowest BCUT2D eigenvalue weighted by Crippen LogP contribution is -2.26. The molecule has 0 bridgehead atoms. The van der Waals surface area contributed by atoms with E-state index in [1.807, 2.05) is 12.1 Å². The molecule has 2 unspecified atom stereocenters. The van der Waals surface area contributed by atoms with Gasteiger partial charge in [0.25, 0.3) is 0 Å². The second kappa shape index (κ2) is 6.05. The maximum Gasteiger partial charge on any atom is 0.0908 e. The van der Waals surface area contributed by atoms with E-state index >= 15 is 0 Å². The van der Waals surface area contributed by atoms with Crippen LogP contribution in [0.3, 0.4) is 0 Å². The fourth-order valence-electron chi connectivity index (χ4n) is 1.62. The molecule has 2 N–H and O–H groups in total. The fraction of sp³-hybridized carbons (Fsp3) is 0.667. The molecule has 1 aliphatic carbocycles. The van der Waals surface area contributed by atoms with Crippen molar-refractivity contribution in [3.05, 3.63) is 12.2 Å². The lowest BCUT2D eigenvalue weighted by atomic mass is 9.86. The normalized spacial score (nSPS) is 29.3. The molecule has 0 saturated heterocycles. The quantitative estimate of drug-likeness (QED) is 0.637. The minimum absolute atomic E-state index is 0. The van der Waals surface area contributed by atoms with E-state index in [1.54, 1.807) is 6.08 Å². The highest BCUT2D eigenvalue weighted by Crippen LogP contribution is 2.23. The summed E-state index contributed by atoms with van der Waals surface area (Å²) in [5.41, 5.74) is 5.78. The Hall–Kier alpha value is -0.520. The van der Waals surface area contributed by atoms with Crippen molar-refractivity contribution in [2.45, 2.75) is 31.7 Å². The van der Waals surface area contributed by atoms with Gasteiger partial charge in [-0.1, -0.05) is 12.5 Å².